The fourth-order valence-electron chi connectivity index (χ4n) is 1.77. The Labute approximate surface area is 144 Å². The van der Waals surface area contributed by atoms with Crippen molar-refractivity contribution in [3.8, 4) is 0 Å². The van der Waals surface area contributed by atoms with Crippen LogP contribution in [0.5, 0.6) is 0 Å². The minimum absolute atomic E-state index is 0.0179. The lowest BCUT2D eigenvalue weighted by Gasteiger charge is -2.07. The third kappa shape index (κ3) is 4.29. The number of carbonyl (C=O) groups excluding carboxylic acids is 2. The number of rotatable bonds is 5. The zero-order valence-electron chi connectivity index (χ0n) is 12.3. The molecule has 1 aromatic carbocycles. The third-order valence-corrected chi connectivity index (χ3v) is 3.27. The van der Waals surface area contributed by atoms with Crippen LogP contribution in [0.25, 0.3) is 6.08 Å². The number of amides is 1. The maximum Gasteiger partial charge on any atom is 0.354 e. The number of non-ortho nitro benzene ring substituents is 1. The predicted octanol–water partition coefficient (Wildman–Crippen LogP) is 2.89. The lowest BCUT2D eigenvalue weighted by Crippen LogP contribution is -2.27. The van der Waals surface area contributed by atoms with Gasteiger partial charge in [0.05, 0.1) is 12.0 Å². The second-order valence-electron chi connectivity index (χ2n) is 4.46. The summed E-state index contributed by atoms with van der Waals surface area (Å²) in [6.07, 6.45) is 1.27. The summed E-state index contributed by atoms with van der Waals surface area (Å²) in [7, 11) is 1.15. The lowest BCUT2D eigenvalue weighted by molar-refractivity contribution is -0.384. The van der Waals surface area contributed by atoms with Gasteiger partial charge in [0, 0.05) is 12.1 Å². The van der Waals surface area contributed by atoms with Crippen molar-refractivity contribution in [1.82, 2.24) is 5.32 Å². The van der Waals surface area contributed by atoms with Gasteiger partial charge in [0.1, 0.15) is 5.70 Å². The normalized spacial score (nSPS) is 11.0. The van der Waals surface area contributed by atoms with E-state index in [0.717, 1.165) is 7.11 Å². The number of ether oxygens (including phenoxy) is 1. The second-order valence-corrected chi connectivity index (χ2v) is 5.24. The quantitative estimate of drug-likeness (QED) is 0.361. The molecule has 1 N–H and O–H groups in total. The predicted molar refractivity (Wildman–Crippen MR) is 87.0 cm³/mol. The molecular weight excluding hydrogens is 384 g/mol. The van der Waals surface area contributed by atoms with Crippen LogP contribution in [0, 0.1) is 10.1 Å². The van der Waals surface area contributed by atoms with Gasteiger partial charge < -0.3 is 14.5 Å². The van der Waals surface area contributed by atoms with Crippen LogP contribution in [-0.4, -0.2) is 23.9 Å². The highest BCUT2D eigenvalue weighted by atomic mass is 79.9. The minimum atomic E-state index is -0.805. The van der Waals surface area contributed by atoms with Gasteiger partial charge in [0.15, 0.2) is 10.4 Å². The van der Waals surface area contributed by atoms with Crippen LogP contribution in [0.3, 0.4) is 0 Å². The molecule has 24 heavy (non-hydrogen) atoms. The van der Waals surface area contributed by atoms with E-state index in [4.69, 9.17) is 4.42 Å². The van der Waals surface area contributed by atoms with Crippen LogP contribution in [0.15, 0.2) is 51.2 Å². The summed E-state index contributed by atoms with van der Waals surface area (Å²) >= 11 is 3.07. The lowest BCUT2D eigenvalue weighted by atomic mass is 10.1. The van der Waals surface area contributed by atoms with Gasteiger partial charge in [-0.3, -0.25) is 14.9 Å². The Morgan fingerprint density at radius 2 is 2.08 bits per heavy atom. The highest BCUT2D eigenvalue weighted by molar-refractivity contribution is 9.10. The van der Waals surface area contributed by atoms with Crippen molar-refractivity contribution in [1.29, 1.82) is 0 Å². The van der Waals surface area contributed by atoms with E-state index < -0.39 is 16.8 Å². The van der Waals surface area contributed by atoms with E-state index in [1.165, 1.54) is 36.4 Å². The number of benzene rings is 1. The smallest absolute Gasteiger partial charge is 0.354 e. The first-order valence-electron chi connectivity index (χ1n) is 6.52. The molecule has 1 heterocycles. The molecule has 8 nitrogen and oxygen atoms in total. The fourth-order valence-corrected chi connectivity index (χ4v) is 2.08. The average Bonchev–Trinajstić information content (AvgIpc) is 3.00. The Kier molecular flexibility index (Phi) is 5.48. The summed E-state index contributed by atoms with van der Waals surface area (Å²) < 4.78 is 10.1. The fraction of sp³-hybridized carbons (Fsp3) is 0.0667. The summed E-state index contributed by atoms with van der Waals surface area (Å²) in [5, 5.41) is 13.2. The number of hydrogen-bond donors (Lipinski definition) is 1. The van der Waals surface area contributed by atoms with E-state index in [9.17, 15) is 19.7 Å². The van der Waals surface area contributed by atoms with Crippen molar-refractivity contribution < 1.29 is 23.7 Å². The molecule has 0 radical (unpaired) electrons. The molecule has 0 aliphatic rings. The van der Waals surface area contributed by atoms with E-state index in [1.807, 2.05) is 0 Å². The summed E-state index contributed by atoms with van der Waals surface area (Å²) in [4.78, 5) is 34.1. The van der Waals surface area contributed by atoms with Crippen molar-refractivity contribution in [2.45, 2.75) is 0 Å². The van der Waals surface area contributed by atoms with Gasteiger partial charge >= 0.3 is 5.97 Å². The van der Waals surface area contributed by atoms with Gasteiger partial charge in [-0.1, -0.05) is 12.1 Å². The average molecular weight is 395 g/mol. The summed E-state index contributed by atoms with van der Waals surface area (Å²) in [5.41, 5.74) is 0.0234. The molecule has 0 unspecified atom stereocenters. The molecule has 124 valence electrons. The number of carbonyl (C=O) groups is 2. The number of hydrogen-bond acceptors (Lipinski definition) is 6. The van der Waals surface area contributed by atoms with E-state index in [0.29, 0.717) is 10.2 Å². The zero-order valence-corrected chi connectivity index (χ0v) is 13.9. The van der Waals surface area contributed by atoms with Gasteiger partial charge in [-0.25, -0.2) is 4.79 Å². The Bertz CT molecular complexity index is 827. The molecule has 0 aliphatic heterocycles. The molecule has 0 spiro atoms. The Morgan fingerprint density at radius 3 is 2.67 bits per heavy atom. The van der Waals surface area contributed by atoms with Crippen LogP contribution >= 0.6 is 15.9 Å². The molecule has 0 bridgehead atoms. The molecule has 0 saturated carbocycles. The molecule has 0 saturated heterocycles. The van der Waals surface area contributed by atoms with Crippen molar-refractivity contribution in [2.24, 2.45) is 0 Å². The standard InChI is InChI=1S/C15H11BrN2O6/c1-23-15(20)11(17-14(19)12-5-6-13(16)24-12)8-9-3-2-4-10(7-9)18(21)22/h2-8H,1H3,(H,17,19)/b11-8+. The number of nitrogens with one attached hydrogen (secondary N) is 1. The maximum atomic E-state index is 12.1. The number of nitrogens with zero attached hydrogens (tertiary/aromatic N) is 1. The highest BCUT2D eigenvalue weighted by Gasteiger charge is 2.18. The maximum absolute atomic E-state index is 12.1. The number of nitro benzene ring substituents is 1. The third-order valence-electron chi connectivity index (χ3n) is 2.84. The van der Waals surface area contributed by atoms with E-state index >= 15 is 0 Å². The van der Waals surface area contributed by atoms with Gasteiger partial charge in [0.2, 0.25) is 0 Å². The molecule has 0 atom stereocenters. The first-order chi connectivity index (χ1) is 11.4. The highest BCUT2D eigenvalue weighted by Crippen LogP contribution is 2.17. The van der Waals surface area contributed by atoms with Crippen LogP contribution in [0.4, 0.5) is 5.69 Å². The molecule has 2 aromatic rings. The van der Waals surface area contributed by atoms with Crippen molar-refractivity contribution in [3.05, 3.63) is 68.2 Å². The molecule has 0 fully saturated rings. The minimum Gasteiger partial charge on any atom is -0.464 e. The van der Waals surface area contributed by atoms with E-state index in [-0.39, 0.29) is 17.1 Å². The van der Waals surface area contributed by atoms with E-state index in [1.54, 1.807) is 6.07 Å². The Morgan fingerprint density at radius 1 is 1.33 bits per heavy atom. The number of methoxy groups -OCH3 is 1. The number of halogens is 1. The molecule has 9 heteroatoms. The Hall–Kier alpha value is -2.94. The summed E-state index contributed by atoms with van der Waals surface area (Å²) in [5.74, 6) is -1.49. The van der Waals surface area contributed by atoms with Gasteiger partial charge in [-0.15, -0.1) is 0 Å². The van der Waals surface area contributed by atoms with E-state index in [2.05, 4.69) is 26.0 Å². The first kappa shape index (κ1) is 17.4. The van der Waals surface area contributed by atoms with Crippen LogP contribution < -0.4 is 5.32 Å². The van der Waals surface area contributed by atoms with Crippen molar-refractivity contribution >= 4 is 39.6 Å². The SMILES string of the molecule is COC(=O)/C(=C\c1cccc([N+](=O)[O-])c1)NC(=O)c1ccc(Br)o1. The molecule has 2 rings (SSSR count). The van der Waals surface area contributed by atoms with Crippen molar-refractivity contribution in [2.75, 3.05) is 7.11 Å². The number of furan rings is 1. The second kappa shape index (κ2) is 7.55. The number of esters is 1. The van der Waals surface area contributed by atoms with Crippen LogP contribution in [-0.2, 0) is 9.53 Å². The molecule has 1 aromatic heterocycles. The Balaban J connectivity index is 2.31. The van der Waals surface area contributed by atoms with Gasteiger partial charge in [-0.05, 0) is 39.7 Å². The number of nitro groups is 1. The molecule has 0 aliphatic carbocycles. The monoisotopic (exact) mass is 394 g/mol. The molecule has 1 amide bonds. The van der Waals surface area contributed by atoms with Gasteiger partial charge in [-0.2, -0.15) is 0 Å². The summed E-state index contributed by atoms with van der Waals surface area (Å²) in [6.45, 7) is 0. The molecular formula is C15H11BrN2O6. The van der Waals surface area contributed by atoms with Crippen LogP contribution in [0.1, 0.15) is 16.1 Å². The topological polar surface area (TPSA) is 112 Å². The van der Waals surface area contributed by atoms with Crippen LogP contribution in [0.2, 0.25) is 0 Å². The zero-order chi connectivity index (χ0) is 17.7. The largest absolute Gasteiger partial charge is 0.464 e. The summed E-state index contributed by atoms with van der Waals surface area (Å²) in [6, 6.07) is 8.53. The van der Waals surface area contributed by atoms with Crippen molar-refractivity contribution in [3.63, 3.8) is 0 Å². The van der Waals surface area contributed by atoms with Gasteiger partial charge in [0.25, 0.3) is 11.6 Å². The first-order valence-corrected chi connectivity index (χ1v) is 7.31.